The number of hydrogen-bond acceptors (Lipinski definition) is 3. The summed E-state index contributed by atoms with van der Waals surface area (Å²) >= 11 is 0. The molecule has 0 atom stereocenters. The van der Waals surface area contributed by atoms with Crippen LogP contribution in [0.3, 0.4) is 0 Å². The molecule has 13 heavy (non-hydrogen) atoms. The maximum atomic E-state index is 6.06. The number of pyridine rings is 1. The first-order valence-electron chi connectivity index (χ1n) is 4.56. The third kappa shape index (κ3) is 1.52. The molecule has 3 nitrogen and oxygen atoms in total. The first-order chi connectivity index (χ1) is 6.12. The van der Waals surface area contributed by atoms with E-state index in [4.69, 9.17) is 5.73 Å². The van der Waals surface area contributed by atoms with Crippen LogP contribution in [0.15, 0.2) is 18.2 Å². The summed E-state index contributed by atoms with van der Waals surface area (Å²) in [4.78, 5) is 6.50. The Labute approximate surface area is 78.6 Å². The zero-order valence-corrected chi connectivity index (χ0v) is 8.12. The molecule has 0 spiro atoms. The number of rotatable bonds is 2. The normalized spacial score (nSPS) is 18.4. The number of aromatic nitrogens is 1. The summed E-state index contributed by atoms with van der Waals surface area (Å²) in [5, 5.41) is 0. The molecular formula is C10H15N3. The summed E-state index contributed by atoms with van der Waals surface area (Å²) in [6.07, 6.45) is 2.13. The predicted octanol–water partition coefficient (Wildman–Crippen LogP) is 1.10. The molecule has 1 fully saturated rings. The lowest BCUT2D eigenvalue weighted by Gasteiger charge is -2.14. The van der Waals surface area contributed by atoms with Gasteiger partial charge in [0.05, 0.1) is 11.2 Å². The van der Waals surface area contributed by atoms with Gasteiger partial charge in [-0.1, -0.05) is 6.07 Å². The second-order valence-corrected chi connectivity index (χ2v) is 3.93. The van der Waals surface area contributed by atoms with Gasteiger partial charge in [0.1, 0.15) is 5.82 Å². The van der Waals surface area contributed by atoms with Crippen LogP contribution in [0.1, 0.15) is 18.5 Å². The molecular weight excluding hydrogens is 162 g/mol. The monoisotopic (exact) mass is 177 g/mol. The fraction of sp³-hybridized carbons (Fsp3) is 0.500. The molecule has 0 aromatic carbocycles. The molecule has 1 aliphatic carbocycles. The van der Waals surface area contributed by atoms with Crippen molar-refractivity contribution >= 4 is 5.82 Å². The minimum Gasteiger partial charge on any atom is -0.363 e. The van der Waals surface area contributed by atoms with Crippen LogP contribution in [0, 0.1) is 0 Å². The van der Waals surface area contributed by atoms with Crippen LogP contribution < -0.4 is 10.6 Å². The Balaban J connectivity index is 2.33. The van der Waals surface area contributed by atoms with Crippen molar-refractivity contribution in [2.75, 3.05) is 19.0 Å². The fourth-order valence-corrected chi connectivity index (χ4v) is 1.34. The molecule has 2 N–H and O–H groups in total. The van der Waals surface area contributed by atoms with E-state index in [1.165, 1.54) is 0 Å². The van der Waals surface area contributed by atoms with Crippen LogP contribution in [0.2, 0.25) is 0 Å². The number of nitrogens with zero attached hydrogens (tertiary/aromatic N) is 2. The van der Waals surface area contributed by atoms with Crippen molar-refractivity contribution in [1.82, 2.24) is 4.98 Å². The van der Waals surface area contributed by atoms with Gasteiger partial charge in [-0.25, -0.2) is 4.98 Å². The summed E-state index contributed by atoms with van der Waals surface area (Å²) in [7, 11) is 3.98. The Hall–Kier alpha value is -1.09. The maximum absolute atomic E-state index is 6.06. The molecule has 0 aliphatic heterocycles. The lowest BCUT2D eigenvalue weighted by atomic mass is 10.2. The topological polar surface area (TPSA) is 42.1 Å². The Bertz CT molecular complexity index is 316. The average molecular weight is 177 g/mol. The van der Waals surface area contributed by atoms with Crippen molar-refractivity contribution in [3.63, 3.8) is 0 Å². The minimum atomic E-state index is -0.119. The van der Waals surface area contributed by atoms with E-state index in [0.717, 1.165) is 24.4 Å². The standard InChI is InChI=1S/C10H15N3/c1-13(2)9-5-3-4-8(12-9)10(11)6-7-10/h3-5H,6-7,11H2,1-2H3. The zero-order valence-electron chi connectivity index (χ0n) is 8.12. The Morgan fingerprint density at radius 3 is 2.62 bits per heavy atom. The fourth-order valence-electron chi connectivity index (χ4n) is 1.34. The molecule has 0 radical (unpaired) electrons. The van der Waals surface area contributed by atoms with E-state index in [-0.39, 0.29) is 5.54 Å². The Morgan fingerprint density at radius 1 is 1.38 bits per heavy atom. The number of hydrogen-bond donors (Lipinski definition) is 1. The summed E-state index contributed by atoms with van der Waals surface area (Å²) in [6.45, 7) is 0. The lowest BCUT2D eigenvalue weighted by molar-refractivity contribution is 0.706. The van der Waals surface area contributed by atoms with Crippen molar-refractivity contribution in [3.8, 4) is 0 Å². The van der Waals surface area contributed by atoms with Crippen LogP contribution in [-0.4, -0.2) is 19.1 Å². The third-order valence-electron chi connectivity index (χ3n) is 2.49. The molecule has 1 aromatic heterocycles. The van der Waals surface area contributed by atoms with Gasteiger partial charge in [0.2, 0.25) is 0 Å². The van der Waals surface area contributed by atoms with E-state index in [2.05, 4.69) is 4.98 Å². The van der Waals surface area contributed by atoms with Gasteiger partial charge in [0.15, 0.2) is 0 Å². The first-order valence-corrected chi connectivity index (χ1v) is 4.56. The third-order valence-corrected chi connectivity index (χ3v) is 2.49. The van der Waals surface area contributed by atoms with E-state index in [9.17, 15) is 0 Å². The molecule has 1 heterocycles. The van der Waals surface area contributed by atoms with E-state index in [1.807, 2.05) is 37.2 Å². The smallest absolute Gasteiger partial charge is 0.128 e. The van der Waals surface area contributed by atoms with E-state index in [1.54, 1.807) is 0 Å². The molecule has 0 unspecified atom stereocenters. The van der Waals surface area contributed by atoms with Gasteiger partial charge in [-0.05, 0) is 25.0 Å². The van der Waals surface area contributed by atoms with Crippen molar-refractivity contribution in [2.24, 2.45) is 5.73 Å². The lowest BCUT2D eigenvalue weighted by Crippen LogP contribution is -2.21. The van der Waals surface area contributed by atoms with Gasteiger partial charge in [-0.15, -0.1) is 0 Å². The van der Waals surface area contributed by atoms with E-state index < -0.39 is 0 Å². The summed E-state index contributed by atoms with van der Waals surface area (Å²) in [5.74, 6) is 0.981. The first kappa shape index (κ1) is 8.51. The SMILES string of the molecule is CN(C)c1cccc(C2(N)CC2)n1. The Kier molecular flexibility index (Phi) is 1.77. The van der Waals surface area contributed by atoms with Gasteiger partial charge in [0, 0.05) is 14.1 Å². The molecule has 0 amide bonds. The Morgan fingerprint density at radius 2 is 2.08 bits per heavy atom. The molecule has 3 heteroatoms. The molecule has 1 aliphatic rings. The molecule has 0 bridgehead atoms. The quantitative estimate of drug-likeness (QED) is 0.735. The van der Waals surface area contributed by atoms with Gasteiger partial charge >= 0.3 is 0 Å². The van der Waals surface area contributed by atoms with E-state index >= 15 is 0 Å². The summed E-state index contributed by atoms with van der Waals surface area (Å²) in [5.41, 5.74) is 6.96. The molecule has 0 saturated heterocycles. The van der Waals surface area contributed by atoms with Crippen molar-refractivity contribution in [1.29, 1.82) is 0 Å². The largest absolute Gasteiger partial charge is 0.363 e. The van der Waals surface area contributed by atoms with Crippen LogP contribution in [-0.2, 0) is 5.54 Å². The molecule has 1 aromatic rings. The van der Waals surface area contributed by atoms with Gasteiger partial charge in [0.25, 0.3) is 0 Å². The summed E-state index contributed by atoms with van der Waals surface area (Å²) in [6, 6.07) is 6.03. The van der Waals surface area contributed by atoms with E-state index in [0.29, 0.717) is 0 Å². The maximum Gasteiger partial charge on any atom is 0.128 e. The molecule has 2 rings (SSSR count). The average Bonchev–Trinajstić information content (AvgIpc) is 2.85. The van der Waals surface area contributed by atoms with Crippen LogP contribution in [0.5, 0.6) is 0 Å². The predicted molar refractivity (Wildman–Crippen MR) is 53.7 cm³/mol. The van der Waals surface area contributed by atoms with Crippen LogP contribution in [0.25, 0.3) is 0 Å². The van der Waals surface area contributed by atoms with Gasteiger partial charge < -0.3 is 10.6 Å². The van der Waals surface area contributed by atoms with Crippen molar-refractivity contribution in [3.05, 3.63) is 23.9 Å². The van der Waals surface area contributed by atoms with Crippen LogP contribution >= 0.6 is 0 Å². The minimum absolute atomic E-state index is 0.119. The molecule has 1 saturated carbocycles. The van der Waals surface area contributed by atoms with Crippen molar-refractivity contribution in [2.45, 2.75) is 18.4 Å². The van der Waals surface area contributed by atoms with Gasteiger partial charge in [-0.2, -0.15) is 0 Å². The molecule has 70 valence electrons. The highest BCUT2D eigenvalue weighted by molar-refractivity contribution is 5.39. The van der Waals surface area contributed by atoms with Crippen molar-refractivity contribution < 1.29 is 0 Å². The number of nitrogens with two attached hydrogens (primary N) is 1. The van der Waals surface area contributed by atoms with Gasteiger partial charge in [-0.3, -0.25) is 0 Å². The summed E-state index contributed by atoms with van der Waals surface area (Å²) < 4.78 is 0. The zero-order chi connectivity index (χ0) is 9.47. The highest BCUT2D eigenvalue weighted by Gasteiger charge is 2.41. The second-order valence-electron chi connectivity index (χ2n) is 3.93. The highest BCUT2D eigenvalue weighted by atomic mass is 15.1. The van der Waals surface area contributed by atoms with Crippen LogP contribution in [0.4, 0.5) is 5.82 Å². The number of anilines is 1. The second kappa shape index (κ2) is 2.70. The highest BCUT2D eigenvalue weighted by Crippen LogP contribution is 2.41.